The Labute approximate surface area is 114 Å². The summed E-state index contributed by atoms with van der Waals surface area (Å²) in [6.45, 7) is 3.77. The molecule has 0 aromatic heterocycles. The van der Waals surface area contributed by atoms with Crippen LogP contribution in [-0.2, 0) is 0 Å². The maximum Gasteiger partial charge on any atom is 0.338 e. The molecule has 0 amide bonds. The van der Waals surface area contributed by atoms with Gasteiger partial charge in [0.05, 0.1) is 4.92 Å². The molecule has 1 fully saturated rings. The van der Waals surface area contributed by atoms with Crippen LogP contribution in [0, 0.1) is 21.8 Å². The Morgan fingerprint density at radius 1 is 1.50 bits per heavy atom. The minimum Gasteiger partial charge on any atom is -0.478 e. The summed E-state index contributed by atoms with van der Waals surface area (Å²) in [5.74, 6) is -2.14. The highest BCUT2D eigenvalue weighted by atomic mass is 19.1. The molecule has 0 unspecified atom stereocenters. The van der Waals surface area contributed by atoms with Crippen LogP contribution in [0.3, 0.4) is 0 Å². The predicted octanol–water partition coefficient (Wildman–Crippen LogP) is 3.03. The number of nitrogens with one attached hydrogen (secondary N) is 1. The number of nitro benzene ring substituents is 1. The lowest BCUT2D eigenvalue weighted by molar-refractivity contribution is -0.384. The normalized spacial score (nSPS) is 14.9. The Bertz CT molecular complexity index is 582. The van der Waals surface area contributed by atoms with Crippen molar-refractivity contribution in [3.8, 4) is 0 Å². The number of aromatic carboxylic acids is 1. The lowest BCUT2D eigenvalue weighted by Gasteiger charge is -2.27. The second-order valence-electron chi connectivity index (χ2n) is 5.53. The van der Waals surface area contributed by atoms with E-state index in [4.69, 9.17) is 5.11 Å². The minimum absolute atomic E-state index is 0.00870. The Hall–Kier alpha value is -2.18. The molecule has 2 rings (SSSR count). The maximum atomic E-state index is 13.7. The van der Waals surface area contributed by atoms with Crippen LogP contribution >= 0.6 is 0 Å². The molecular weight excluding hydrogens is 267 g/mol. The van der Waals surface area contributed by atoms with E-state index in [9.17, 15) is 19.3 Å². The molecule has 1 aromatic carbocycles. The molecule has 0 heterocycles. The molecule has 6 nitrogen and oxygen atoms in total. The van der Waals surface area contributed by atoms with Gasteiger partial charge in [-0.25, -0.2) is 9.18 Å². The van der Waals surface area contributed by atoms with Gasteiger partial charge < -0.3 is 10.4 Å². The van der Waals surface area contributed by atoms with Gasteiger partial charge in [0.15, 0.2) is 0 Å². The summed E-state index contributed by atoms with van der Waals surface area (Å²) in [7, 11) is 0. The standard InChI is InChI=1S/C13H15FN2O4/c1-13(2,7-3-4-7)15-10-6-9(14)8(12(17)18)5-11(10)16(19)20/h5-7,15H,3-4H2,1-2H3,(H,17,18). The number of nitro groups is 1. The van der Waals surface area contributed by atoms with Gasteiger partial charge >= 0.3 is 5.97 Å². The number of anilines is 1. The zero-order chi connectivity index (χ0) is 15.1. The van der Waals surface area contributed by atoms with Crippen LogP contribution in [0.25, 0.3) is 0 Å². The van der Waals surface area contributed by atoms with Crippen LogP contribution in [-0.4, -0.2) is 21.5 Å². The Morgan fingerprint density at radius 2 is 2.10 bits per heavy atom. The molecule has 20 heavy (non-hydrogen) atoms. The van der Waals surface area contributed by atoms with E-state index >= 15 is 0 Å². The fraction of sp³-hybridized carbons (Fsp3) is 0.462. The molecule has 0 spiro atoms. The second-order valence-corrected chi connectivity index (χ2v) is 5.53. The van der Waals surface area contributed by atoms with Crippen molar-refractivity contribution in [2.45, 2.75) is 32.2 Å². The van der Waals surface area contributed by atoms with Crippen molar-refractivity contribution in [3.05, 3.63) is 33.6 Å². The number of rotatable bonds is 5. The summed E-state index contributed by atoms with van der Waals surface area (Å²) in [6, 6.07) is 1.63. The van der Waals surface area contributed by atoms with Crippen molar-refractivity contribution in [2.24, 2.45) is 5.92 Å². The Balaban J connectivity index is 2.43. The van der Waals surface area contributed by atoms with E-state index in [1.54, 1.807) is 0 Å². The van der Waals surface area contributed by atoms with Crippen LogP contribution in [0.1, 0.15) is 37.0 Å². The zero-order valence-corrected chi connectivity index (χ0v) is 11.1. The van der Waals surface area contributed by atoms with Crippen molar-refractivity contribution in [1.29, 1.82) is 0 Å². The molecule has 2 N–H and O–H groups in total. The molecule has 1 aromatic rings. The first-order valence-corrected chi connectivity index (χ1v) is 6.22. The Morgan fingerprint density at radius 3 is 2.55 bits per heavy atom. The van der Waals surface area contributed by atoms with Crippen molar-refractivity contribution < 1.29 is 19.2 Å². The maximum absolute atomic E-state index is 13.7. The van der Waals surface area contributed by atoms with Crippen LogP contribution in [0.5, 0.6) is 0 Å². The van der Waals surface area contributed by atoms with E-state index in [-0.39, 0.29) is 5.69 Å². The molecule has 1 saturated carbocycles. The summed E-state index contributed by atoms with van der Waals surface area (Å²) in [5, 5.41) is 22.8. The van der Waals surface area contributed by atoms with Crippen LogP contribution in [0.15, 0.2) is 12.1 Å². The first-order valence-electron chi connectivity index (χ1n) is 6.22. The smallest absolute Gasteiger partial charge is 0.338 e. The van der Waals surface area contributed by atoms with Gasteiger partial charge in [-0.3, -0.25) is 10.1 Å². The third-order valence-corrected chi connectivity index (χ3v) is 3.57. The monoisotopic (exact) mass is 282 g/mol. The number of halogens is 1. The van der Waals surface area contributed by atoms with E-state index in [1.807, 2.05) is 13.8 Å². The van der Waals surface area contributed by atoms with Gasteiger partial charge in [-0.15, -0.1) is 0 Å². The number of carbonyl (C=O) groups is 1. The zero-order valence-electron chi connectivity index (χ0n) is 11.1. The fourth-order valence-electron chi connectivity index (χ4n) is 2.23. The largest absolute Gasteiger partial charge is 0.478 e. The molecule has 1 aliphatic rings. The van der Waals surface area contributed by atoms with E-state index in [1.165, 1.54) is 0 Å². The molecule has 0 aliphatic heterocycles. The first-order chi connectivity index (χ1) is 9.22. The Kier molecular flexibility index (Phi) is 3.37. The van der Waals surface area contributed by atoms with Gasteiger partial charge in [-0.2, -0.15) is 0 Å². The summed E-state index contributed by atoms with van der Waals surface area (Å²) < 4.78 is 13.7. The molecule has 7 heteroatoms. The number of carboxylic acids is 1. The van der Waals surface area contributed by atoms with Crippen LogP contribution < -0.4 is 5.32 Å². The topological polar surface area (TPSA) is 92.5 Å². The minimum atomic E-state index is -1.53. The first kappa shape index (κ1) is 14.2. The third kappa shape index (κ3) is 2.71. The molecule has 0 radical (unpaired) electrons. The van der Waals surface area contributed by atoms with Gasteiger partial charge in [-0.1, -0.05) is 0 Å². The average molecular weight is 282 g/mol. The number of benzene rings is 1. The highest BCUT2D eigenvalue weighted by Gasteiger charge is 2.39. The number of hydrogen-bond donors (Lipinski definition) is 2. The molecule has 108 valence electrons. The molecular formula is C13H15FN2O4. The summed E-state index contributed by atoms with van der Waals surface area (Å²) >= 11 is 0. The van der Waals surface area contributed by atoms with E-state index in [0.29, 0.717) is 5.92 Å². The summed E-state index contributed by atoms with van der Waals surface area (Å²) in [4.78, 5) is 21.1. The SMILES string of the molecule is CC(C)(Nc1cc(F)c(C(=O)O)cc1[N+](=O)[O-])C1CC1. The molecule has 0 atom stereocenters. The van der Waals surface area contributed by atoms with E-state index < -0.39 is 33.5 Å². The number of carboxylic acid groups (broad SMARTS) is 1. The number of hydrogen-bond acceptors (Lipinski definition) is 4. The third-order valence-electron chi connectivity index (χ3n) is 3.57. The van der Waals surface area contributed by atoms with Gasteiger partial charge in [0.25, 0.3) is 5.69 Å². The quantitative estimate of drug-likeness (QED) is 0.639. The van der Waals surface area contributed by atoms with Gasteiger partial charge in [0.1, 0.15) is 17.1 Å². The molecule has 0 saturated heterocycles. The van der Waals surface area contributed by atoms with Crippen molar-refractivity contribution in [2.75, 3.05) is 5.32 Å². The highest BCUT2D eigenvalue weighted by molar-refractivity contribution is 5.90. The summed E-state index contributed by atoms with van der Waals surface area (Å²) in [6.07, 6.45) is 2.03. The highest BCUT2D eigenvalue weighted by Crippen LogP contribution is 2.42. The van der Waals surface area contributed by atoms with Crippen LogP contribution in [0.4, 0.5) is 15.8 Å². The van der Waals surface area contributed by atoms with Crippen molar-refractivity contribution in [1.82, 2.24) is 0 Å². The molecule has 1 aliphatic carbocycles. The number of nitrogens with zero attached hydrogens (tertiary/aromatic N) is 1. The van der Waals surface area contributed by atoms with Crippen LogP contribution in [0.2, 0.25) is 0 Å². The average Bonchev–Trinajstić information content (AvgIpc) is 3.11. The van der Waals surface area contributed by atoms with Gasteiger partial charge in [0, 0.05) is 17.7 Å². The summed E-state index contributed by atoms with van der Waals surface area (Å²) in [5.41, 5.74) is -1.53. The fourth-order valence-corrected chi connectivity index (χ4v) is 2.23. The van der Waals surface area contributed by atoms with Crippen molar-refractivity contribution in [3.63, 3.8) is 0 Å². The second kappa shape index (κ2) is 4.73. The predicted molar refractivity (Wildman–Crippen MR) is 70.4 cm³/mol. The molecule has 0 bridgehead atoms. The lowest BCUT2D eigenvalue weighted by atomic mass is 9.97. The van der Waals surface area contributed by atoms with Gasteiger partial charge in [0.2, 0.25) is 0 Å². The van der Waals surface area contributed by atoms with E-state index in [2.05, 4.69) is 5.32 Å². The van der Waals surface area contributed by atoms with Crippen molar-refractivity contribution >= 4 is 17.3 Å². The van der Waals surface area contributed by atoms with E-state index in [0.717, 1.165) is 25.0 Å². The van der Waals surface area contributed by atoms with Gasteiger partial charge in [-0.05, 0) is 32.6 Å². The lowest BCUT2D eigenvalue weighted by Crippen LogP contribution is -2.33.